The van der Waals surface area contributed by atoms with Gasteiger partial charge in [0.2, 0.25) is 0 Å². The van der Waals surface area contributed by atoms with Crippen LogP contribution in [-0.4, -0.2) is 5.88 Å². The first-order chi connectivity index (χ1) is 3.93. The molecule has 0 saturated carbocycles. The lowest BCUT2D eigenvalue weighted by Gasteiger charge is -1.92. The first-order valence-corrected chi connectivity index (χ1v) is 3.83. The number of thiophene rings is 1. The molecule has 44 valence electrons. The number of hydrogen-bond donors (Lipinski definition) is 2. The second-order valence-corrected chi connectivity index (χ2v) is 2.58. The van der Waals surface area contributed by atoms with Crippen LogP contribution in [0.4, 0.5) is 5.00 Å². The van der Waals surface area contributed by atoms with Crippen molar-refractivity contribution in [1.29, 1.82) is 0 Å². The van der Waals surface area contributed by atoms with E-state index in [1.807, 2.05) is 17.5 Å². The minimum Gasteiger partial charge on any atom is -0.368 e. The third-order valence-corrected chi connectivity index (χ3v) is 1.76. The molecule has 0 amide bonds. The minimum atomic E-state index is 0.709. The van der Waals surface area contributed by atoms with Crippen LogP contribution in [0, 0.1) is 0 Å². The van der Waals surface area contributed by atoms with E-state index in [0.29, 0.717) is 5.88 Å². The summed E-state index contributed by atoms with van der Waals surface area (Å²) in [5.74, 6) is 0.709. The van der Waals surface area contributed by atoms with E-state index >= 15 is 0 Å². The first kappa shape index (κ1) is 5.98. The second-order valence-electron chi connectivity index (χ2n) is 1.31. The largest absolute Gasteiger partial charge is 0.368 e. The summed E-state index contributed by atoms with van der Waals surface area (Å²) in [6.45, 7) is 0. The summed E-state index contributed by atoms with van der Waals surface area (Å²) in [7, 11) is 0. The van der Waals surface area contributed by atoms with E-state index in [4.69, 9.17) is 0 Å². The Labute approximate surface area is 58.1 Å². The maximum Gasteiger partial charge on any atom is 0.0888 e. The van der Waals surface area contributed by atoms with Gasteiger partial charge in [0.1, 0.15) is 0 Å². The zero-order valence-corrected chi connectivity index (χ0v) is 6.01. The molecule has 3 heteroatoms. The van der Waals surface area contributed by atoms with Crippen molar-refractivity contribution >= 4 is 29.0 Å². The molecule has 0 spiro atoms. The normalized spacial score (nSPS) is 9.12. The fourth-order valence-electron chi connectivity index (χ4n) is 0.457. The highest BCUT2D eigenvalue weighted by Crippen LogP contribution is 2.14. The Hall–Kier alpha value is -0.150. The maximum absolute atomic E-state index is 4.00. The third-order valence-electron chi connectivity index (χ3n) is 0.774. The SMILES string of the molecule is SCNc1cccs1. The van der Waals surface area contributed by atoms with Gasteiger partial charge in [-0.2, -0.15) is 12.6 Å². The summed E-state index contributed by atoms with van der Waals surface area (Å²) in [6.07, 6.45) is 0. The molecule has 1 heterocycles. The molecule has 1 aromatic rings. The summed E-state index contributed by atoms with van der Waals surface area (Å²) in [4.78, 5) is 0. The van der Waals surface area contributed by atoms with Crippen LogP contribution in [-0.2, 0) is 0 Å². The lowest BCUT2D eigenvalue weighted by molar-refractivity contribution is 1.54. The van der Waals surface area contributed by atoms with Crippen molar-refractivity contribution in [3.63, 3.8) is 0 Å². The fraction of sp³-hybridized carbons (Fsp3) is 0.200. The monoisotopic (exact) mass is 145 g/mol. The van der Waals surface area contributed by atoms with Crippen LogP contribution in [0.25, 0.3) is 0 Å². The van der Waals surface area contributed by atoms with Crippen LogP contribution >= 0.6 is 24.0 Å². The van der Waals surface area contributed by atoms with Crippen molar-refractivity contribution in [2.24, 2.45) is 0 Å². The molecule has 0 aliphatic rings. The molecule has 0 atom stereocenters. The molecule has 1 N–H and O–H groups in total. The number of thiol groups is 1. The average Bonchev–Trinajstić information content (AvgIpc) is 2.19. The molecule has 1 nitrogen and oxygen atoms in total. The Bertz CT molecular complexity index is 136. The van der Waals surface area contributed by atoms with Gasteiger partial charge in [-0.3, -0.25) is 0 Å². The Morgan fingerprint density at radius 2 is 2.62 bits per heavy atom. The van der Waals surface area contributed by atoms with Gasteiger partial charge in [0, 0.05) is 0 Å². The average molecular weight is 145 g/mol. The van der Waals surface area contributed by atoms with Gasteiger partial charge in [-0.15, -0.1) is 11.3 Å². The van der Waals surface area contributed by atoms with Crippen molar-refractivity contribution in [1.82, 2.24) is 0 Å². The van der Waals surface area contributed by atoms with Crippen LogP contribution in [0.2, 0.25) is 0 Å². The number of rotatable bonds is 2. The Kier molecular flexibility index (Phi) is 2.24. The molecule has 0 bridgehead atoms. The predicted molar refractivity (Wildman–Crippen MR) is 41.8 cm³/mol. The van der Waals surface area contributed by atoms with E-state index < -0.39 is 0 Å². The van der Waals surface area contributed by atoms with Crippen molar-refractivity contribution in [3.8, 4) is 0 Å². The molecule has 0 aliphatic carbocycles. The summed E-state index contributed by atoms with van der Waals surface area (Å²) in [6, 6.07) is 4.04. The molecular formula is C5H7NS2. The maximum atomic E-state index is 4.00. The first-order valence-electron chi connectivity index (χ1n) is 2.31. The molecular weight excluding hydrogens is 138 g/mol. The molecule has 0 radical (unpaired) electrons. The molecule has 1 aromatic heterocycles. The summed E-state index contributed by atoms with van der Waals surface area (Å²) >= 11 is 5.69. The van der Waals surface area contributed by atoms with Crippen LogP contribution < -0.4 is 5.32 Å². The van der Waals surface area contributed by atoms with Crippen LogP contribution in [0.5, 0.6) is 0 Å². The van der Waals surface area contributed by atoms with Crippen molar-refractivity contribution in [2.75, 3.05) is 11.2 Å². The van der Waals surface area contributed by atoms with Gasteiger partial charge < -0.3 is 5.32 Å². The highest BCUT2D eigenvalue weighted by molar-refractivity contribution is 7.80. The van der Waals surface area contributed by atoms with E-state index in [0.717, 1.165) is 0 Å². The lowest BCUT2D eigenvalue weighted by Crippen LogP contribution is -1.89. The van der Waals surface area contributed by atoms with Crippen LogP contribution in [0.1, 0.15) is 0 Å². The highest BCUT2D eigenvalue weighted by Gasteiger charge is 1.84. The van der Waals surface area contributed by atoms with E-state index in [1.54, 1.807) is 11.3 Å². The van der Waals surface area contributed by atoms with Gasteiger partial charge in [-0.25, -0.2) is 0 Å². The molecule has 0 aromatic carbocycles. The van der Waals surface area contributed by atoms with Gasteiger partial charge in [0.15, 0.2) is 0 Å². The van der Waals surface area contributed by atoms with Crippen molar-refractivity contribution < 1.29 is 0 Å². The number of hydrogen-bond acceptors (Lipinski definition) is 3. The number of anilines is 1. The quantitative estimate of drug-likeness (QED) is 0.479. The van der Waals surface area contributed by atoms with Gasteiger partial charge in [-0.05, 0) is 17.5 Å². The third kappa shape index (κ3) is 1.42. The van der Waals surface area contributed by atoms with E-state index in [1.165, 1.54) is 5.00 Å². The Morgan fingerprint density at radius 1 is 1.75 bits per heavy atom. The lowest BCUT2D eigenvalue weighted by atomic mass is 10.6. The summed E-state index contributed by atoms with van der Waals surface area (Å²) in [5, 5.41) is 6.28. The molecule has 1 rings (SSSR count). The minimum absolute atomic E-state index is 0.709. The molecule has 0 unspecified atom stereocenters. The molecule has 0 aliphatic heterocycles. The van der Waals surface area contributed by atoms with E-state index in [9.17, 15) is 0 Å². The number of nitrogens with one attached hydrogen (secondary N) is 1. The van der Waals surface area contributed by atoms with Crippen LogP contribution in [0.15, 0.2) is 17.5 Å². The van der Waals surface area contributed by atoms with Gasteiger partial charge >= 0.3 is 0 Å². The molecule has 0 fully saturated rings. The van der Waals surface area contributed by atoms with E-state index in [2.05, 4.69) is 17.9 Å². The zero-order chi connectivity index (χ0) is 5.82. The van der Waals surface area contributed by atoms with E-state index in [-0.39, 0.29) is 0 Å². The fourth-order valence-corrected chi connectivity index (χ4v) is 1.35. The standard InChI is InChI=1S/C5H7NS2/c7-4-6-5-2-1-3-8-5/h1-3,6-7H,4H2. The molecule has 8 heavy (non-hydrogen) atoms. The topological polar surface area (TPSA) is 12.0 Å². The van der Waals surface area contributed by atoms with Gasteiger partial charge in [0.05, 0.1) is 10.9 Å². The smallest absolute Gasteiger partial charge is 0.0888 e. The molecule has 0 saturated heterocycles. The highest BCUT2D eigenvalue weighted by atomic mass is 32.1. The van der Waals surface area contributed by atoms with Gasteiger partial charge in [0.25, 0.3) is 0 Å². The second kappa shape index (κ2) is 2.99. The summed E-state index contributed by atoms with van der Waals surface area (Å²) in [5.41, 5.74) is 0. The Morgan fingerprint density at radius 3 is 3.12 bits per heavy atom. The van der Waals surface area contributed by atoms with Gasteiger partial charge in [-0.1, -0.05) is 0 Å². The zero-order valence-electron chi connectivity index (χ0n) is 4.29. The van der Waals surface area contributed by atoms with Crippen molar-refractivity contribution in [3.05, 3.63) is 17.5 Å². The van der Waals surface area contributed by atoms with Crippen LogP contribution in [0.3, 0.4) is 0 Å². The Balaban J connectivity index is 2.50. The summed E-state index contributed by atoms with van der Waals surface area (Å²) < 4.78 is 0. The van der Waals surface area contributed by atoms with Crippen molar-refractivity contribution in [2.45, 2.75) is 0 Å². The predicted octanol–water partition coefficient (Wildman–Crippen LogP) is 2.05.